The van der Waals surface area contributed by atoms with Crippen LogP contribution in [-0.4, -0.2) is 15.0 Å². The molecule has 7 aromatic carbocycles. The van der Waals surface area contributed by atoms with Crippen LogP contribution < -0.4 is 0 Å². The molecule has 0 saturated heterocycles. The van der Waals surface area contributed by atoms with Crippen LogP contribution in [0.4, 0.5) is 0 Å². The van der Waals surface area contributed by atoms with E-state index in [4.69, 9.17) is 19.4 Å². The van der Waals surface area contributed by atoms with E-state index < -0.39 is 0 Å². The summed E-state index contributed by atoms with van der Waals surface area (Å²) in [6.07, 6.45) is 6.57. The Labute approximate surface area is 295 Å². The van der Waals surface area contributed by atoms with Crippen LogP contribution in [0.1, 0.15) is 17.5 Å². The molecule has 0 atom stereocenters. The minimum absolute atomic E-state index is 0.639. The summed E-state index contributed by atoms with van der Waals surface area (Å²) in [5.74, 6) is 1.94. The number of aryl methyl sites for hydroxylation is 1. The first-order valence-electron chi connectivity index (χ1n) is 17.4. The molecule has 0 fully saturated rings. The summed E-state index contributed by atoms with van der Waals surface area (Å²) in [5, 5.41) is 4.70. The molecule has 240 valence electrons. The van der Waals surface area contributed by atoms with Crippen LogP contribution >= 0.6 is 0 Å². The van der Waals surface area contributed by atoms with Gasteiger partial charge in [-0.05, 0) is 75.2 Å². The molecule has 0 aliphatic heterocycles. The molecule has 0 spiro atoms. The molecule has 9 aromatic rings. The smallest absolute Gasteiger partial charge is 0.164 e. The maximum absolute atomic E-state index is 6.17. The van der Waals surface area contributed by atoms with Crippen molar-refractivity contribution in [1.82, 2.24) is 15.0 Å². The van der Waals surface area contributed by atoms with Gasteiger partial charge >= 0.3 is 0 Å². The fraction of sp³-hybridized carbons (Fsp3) is 0.0426. The highest BCUT2D eigenvalue weighted by molar-refractivity contribution is 6.12. The number of furan rings is 1. The Kier molecular flexibility index (Phi) is 6.91. The molecule has 51 heavy (non-hydrogen) atoms. The molecule has 1 aliphatic rings. The third-order valence-corrected chi connectivity index (χ3v) is 10.0. The number of nitrogens with zero attached hydrogens (tertiary/aromatic N) is 3. The van der Waals surface area contributed by atoms with Crippen LogP contribution in [0, 0.1) is 0 Å². The molecule has 0 saturated carbocycles. The average molecular weight is 654 g/mol. The zero-order valence-electron chi connectivity index (χ0n) is 27.8. The standard InChI is InChI=1S/C47H31N3O/c1-2-11-36-29-37(28-19-30(36)9-1)47-49-45(34-24-20-32(21-25-34)39-15-7-12-31-10-3-4-13-38(31)39)48-46(50-47)35-26-22-33(23-27-35)40-16-8-18-43-44(40)41-14-5-6-17-42(41)51-43/h2-8,10-29H,1,9H2. The summed E-state index contributed by atoms with van der Waals surface area (Å²) in [6.45, 7) is 0. The third kappa shape index (κ3) is 5.20. The van der Waals surface area contributed by atoms with Gasteiger partial charge in [0.1, 0.15) is 11.2 Å². The van der Waals surface area contributed by atoms with E-state index in [0.29, 0.717) is 17.5 Å². The Balaban J connectivity index is 1.07. The van der Waals surface area contributed by atoms with Crippen molar-refractivity contribution in [1.29, 1.82) is 0 Å². The van der Waals surface area contributed by atoms with Crippen molar-refractivity contribution in [2.75, 3.05) is 0 Å². The van der Waals surface area contributed by atoms with Crippen molar-refractivity contribution in [3.8, 4) is 56.4 Å². The lowest BCUT2D eigenvalue weighted by Gasteiger charge is -2.13. The minimum Gasteiger partial charge on any atom is -0.456 e. The Morgan fingerprint density at radius 2 is 1.02 bits per heavy atom. The van der Waals surface area contributed by atoms with Crippen LogP contribution in [-0.2, 0) is 6.42 Å². The fourth-order valence-electron chi connectivity index (χ4n) is 7.42. The lowest BCUT2D eigenvalue weighted by molar-refractivity contribution is 0.669. The van der Waals surface area contributed by atoms with Gasteiger partial charge in [0.25, 0.3) is 0 Å². The SMILES string of the molecule is C1=Cc2cc(-c3nc(-c4ccc(-c5cccc6ccccc56)cc4)nc(-c4ccc(-c5cccc6oc7ccccc7c56)cc4)n3)ccc2CC1. The highest BCUT2D eigenvalue weighted by atomic mass is 16.3. The van der Waals surface area contributed by atoms with Gasteiger partial charge in [0, 0.05) is 27.5 Å². The van der Waals surface area contributed by atoms with E-state index in [2.05, 4.69) is 146 Å². The molecule has 10 rings (SSSR count). The van der Waals surface area contributed by atoms with Crippen molar-refractivity contribution in [2.24, 2.45) is 0 Å². The Morgan fingerprint density at radius 1 is 0.451 bits per heavy atom. The second-order valence-corrected chi connectivity index (χ2v) is 13.1. The molecule has 2 aromatic heterocycles. The molecule has 0 bridgehead atoms. The largest absolute Gasteiger partial charge is 0.456 e. The molecule has 4 nitrogen and oxygen atoms in total. The quantitative estimate of drug-likeness (QED) is 0.185. The topological polar surface area (TPSA) is 51.8 Å². The Bertz CT molecular complexity index is 2790. The number of hydrogen-bond acceptors (Lipinski definition) is 4. The molecular weight excluding hydrogens is 623 g/mol. The van der Waals surface area contributed by atoms with E-state index >= 15 is 0 Å². The van der Waals surface area contributed by atoms with Crippen LogP contribution in [0.15, 0.2) is 162 Å². The van der Waals surface area contributed by atoms with Gasteiger partial charge in [0.15, 0.2) is 17.5 Å². The number of hydrogen-bond donors (Lipinski definition) is 0. The number of para-hydroxylation sites is 1. The second-order valence-electron chi connectivity index (χ2n) is 13.1. The summed E-state index contributed by atoms with van der Waals surface area (Å²) in [4.78, 5) is 15.2. The predicted molar refractivity (Wildman–Crippen MR) is 209 cm³/mol. The molecule has 2 heterocycles. The Morgan fingerprint density at radius 3 is 1.80 bits per heavy atom. The molecule has 1 aliphatic carbocycles. The maximum atomic E-state index is 6.17. The lowest BCUT2D eigenvalue weighted by Crippen LogP contribution is -2.01. The molecule has 0 radical (unpaired) electrons. The van der Waals surface area contributed by atoms with Gasteiger partial charge in [0.2, 0.25) is 0 Å². The van der Waals surface area contributed by atoms with E-state index in [1.165, 1.54) is 27.5 Å². The summed E-state index contributed by atoms with van der Waals surface area (Å²) < 4.78 is 6.17. The van der Waals surface area contributed by atoms with Gasteiger partial charge in [0.05, 0.1) is 0 Å². The highest BCUT2D eigenvalue weighted by Crippen LogP contribution is 2.37. The predicted octanol–water partition coefficient (Wildman–Crippen LogP) is 12.2. The van der Waals surface area contributed by atoms with Crippen molar-refractivity contribution in [3.05, 3.63) is 169 Å². The van der Waals surface area contributed by atoms with Crippen LogP contribution in [0.5, 0.6) is 0 Å². The first kappa shape index (κ1) is 29.3. The lowest BCUT2D eigenvalue weighted by atomic mass is 9.95. The molecular formula is C47H31N3O. The molecule has 0 unspecified atom stereocenters. The van der Waals surface area contributed by atoms with E-state index in [9.17, 15) is 0 Å². The van der Waals surface area contributed by atoms with E-state index in [0.717, 1.165) is 68.2 Å². The van der Waals surface area contributed by atoms with Crippen molar-refractivity contribution >= 4 is 38.8 Å². The number of rotatable bonds is 5. The Hall–Kier alpha value is -6.65. The van der Waals surface area contributed by atoms with Crippen LogP contribution in [0.25, 0.3) is 95.2 Å². The fourth-order valence-corrected chi connectivity index (χ4v) is 7.42. The third-order valence-electron chi connectivity index (χ3n) is 10.0. The molecule has 4 heteroatoms. The number of benzene rings is 7. The zero-order valence-corrected chi connectivity index (χ0v) is 27.8. The average Bonchev–Trinajstić information content (AvgIpc) is 3.59. The maximum Gasteiger partial charge on any atom is 0.164 e. The monoisotopic (exact) mass is 653 g/mol. The number of aromatic nitrogens is 3. The van der Waals surface area contributed by atoms with Gasteiger partial charge in [-0.3, -0.25) is 0 Å². The summed E-state index contributed by atoms with van der Waals surface area (Å²) in [6, 6.07) is 53.1. The van der Waals surface area contributed by atoms with Crippen molar-refractivity contribution in [3.63, 3.8) is 0 Å². The summed E-state index contributed by atoms with van der Waals surface area (Å²) in [7, 11) is 0. The van der Waals surface area contributed by atoms with E-state index in [1.807, 2.05) is 18.2 Å². The molecule has 0 N–H and O–H groups in total. The summed E-state index contributed by atoms with van der Waals surface area (Å²) >= 11 is 0. The number of fused-ring (bicyclic) bond motifs is 5. The highest BCUT2D eigenvalue weighted by Gasteiger charge is 2.16. The van der Waals surface area contributed by atoms with Crippen molar-refractivity contribution < 1.29 is 4.42 Å². The first-order chi connectivity index (χ1) is 25.2. The van der Waals surface area contributed by atoms with Gasteiger partial charge in [-0.1, -0.05) is 146 Å². The van der Waals surface area contributed by atoms with E-state index in [-0.39, 0.29) is 0 Å². The van der Waals surface area contributed by atoms with Crippen molar-refractivity contribution in [2.45, 2.75) is 12.8 Å². The summed E-state index contributed by atoms with van der Waals surface area (Å²) in [5.41, 5.74) is 11.8. The van der Waals surface area contributed by atoms with Crippen LogP contribution in [0.3, 0.4) is 0 Å². The minimum atomic E-state index is 0.639. The van der Waals surface area contributed by atoms with E-state index in [1.54, 1.807) is 0 Å². The van der Waals surface area contributed by atoms with Crippen LogP contribution in [0.2, 0.25) is 0 Å². The van der Waals surface area contributed by atoms with Gasteiger partial charge in [-0.15, -0.1) is 0 Å². The van der Waals surface area contributed by atoms with Gasteiger partial charge in [-0.2, -0.15) is 0 Å². The number of allylic oxidation sites excluding steroid dienone is 1. The normalized spacial score (nSPS) is 12.5. The second kappa shape index (κ2) is 12.0. The zero-order chi connectivity index (χ0) is 33.7. The van der Waals surface area contributed by atoms with Gasteiger partial charge in [-0.25, -0.2) is 15.0 Å². The van der Waals surface area contributed by atoms with Gasteiger partial charge < -0.3 is 4.42 Å². The molecule has 0 amide bonds. The first-order valence-corrected chi connectivity index (χ1v) is 17.4.